The number of hydrogen-bond acceptors (Lipinski definition) is 6. The number of carboxylic acids is 2. The first-order chi connectivity index (χ1) is 6.90. The van der Waals surface area contributed by atoms with Gasteiger partial charge in [0.15, 0.2) is 5.92 Å². The molecule has 0 saturated carbocycles. The van der Waals surface area contributed by atoms with Crippen LogP contribution in [-0.2, 0) is 19.1 Å². The van der Waals surface area contributed by atoms with E-state index in [0.717, 1.165) is 0 Å². The molecule has 8 heteroatoms. The average molecular weight is 237 g/mol. The molecule has 0 unspecified atom stereocenters. The Morgan fingerprint density at radius 1 is 1.27 bits per heavy atom. The van der Waals surface area contributed by atoms with Crippen molar-refractivity contribution in [2.75, 3.05) is 12.4 Å². The largest absolute Gasteiger partial charge is 0.481 e. The molecule has 0 aliphatic carbocycles. The molecule has 0 rings (SSSR count). The van der Waals surface area contributed by atoms with Crippen LogP contribution >= 0.6 is 12.6 Å². The van der Waals surface area contributed by atoms with Crippen LogP contribution in [0.1, 0.15) is 0 Å². The number of aliphatic carboxylic acids is 2. The highest BCUT2D eigenvalue weighted by atomic mass is 32.1. The minimum Gasteiger partial charge on any atom is -0.481 e. The fourth-order valence-electron chi connectivity index (χ4n) is 0.595. The molecule has 0 aromatic rings. The molecule has 4 N–H and O–H groups in total. The number of carbonyl (C=O) groups excluding carboxylic acids is 1. The quantitative estimate of drug-likeness (QED) is 0.253. The predicted octanol–water partition coefficient (Wildman–Crippen LogP) is -1.43. The molecule has 0 heterocycles. The Morgan fingerprint density at radius 2 is 1.73 bits per heavy atom. The van der Waals surface area contributed by atoms with E-state index in [1.54, 1.807) is 0 Å². The summed E-state index contributed by atoms with van der Waals surface area (Å²) in [4.78, 5) is 31.7. The maximum absolute atomic E-state index is 10.9. The van der Waals surface area contributed by atoms with Gasteiger partial charge in [0.05, 0.1) is 0 Å². The van der Waals surface area contributed by atoms with Crippen molar-refractivity contribution in [2.45, 2.75) is 6.04 Å². The molecule has 0 saturated heterocycles. The van der Waals surface area contributed by atoms with Gasteiger partial charge in [-0.15, -0.1) is 0 Å². The second kappa shape index (κ2) is 6.25. The van der Waals surface area contributed by atoms with E-state index >= 15 is 0 Å². The molecule has 0 fully saturated rings. The monoisotopic (exact) mass is 237 g/mol. The van der Waals surface area contributed by atoms with E-state index in [0.29, 0.717) is 0 Å². The third-order valence-corrected chi connectivity index (χ3v) is 1.88. The first-order valence-electron chi connectivity index (χ1n) is 3.88. The van der Waals surface area contributed by atoms with Crippen molar-refractivity contribution in [2.24, 2.45) is 11.7 Å². The number of ether oxygens (including phenoxy) is 1. The van der Waals surface area contributed by atoms with Crippen LogP contribution in [0.5, 0.6) is 0 Å². The van der Waals surface area contributed by atoms with Crippen LogP contribution in [-0.4, -0.2) is 46.5 Å². The Labute approximate surface area is 90.6 Å². The summed E-state index contributed by atoms with van der Waals surface area (Å²) in [7, 11) is 0. The van der Waals surface area contributed by atoms with Crippen molar-refractivity contribution in [1.29, 1.82) is 0 Å². The third kappa shape index (κ3) is 4.66. The molecule has 0 aromatic heterocycles. The molecular weight excluding hydrogens is 226 g/mol. The van der Waals surface area contributed by atoms with Crippen LogP contribution in [0.4, 0.5) is 0 Å². The van der Waals surface area contributed by atoms with Gasteiger partial charge in [-0.2, -0.15) is 12.6 Å². The van der Waals surface area contributed by atoms with Gasteiger partial charge in [0.1, 0.15) is 12.6 Å². The van der Waals surface area contributed by atoms with Gasteiger partial charge in [-0.25, -0.2) is 0 Å². The molecule has 0 radical (unpaired) electrons. The standard InChI is InChI=1S/C7H11NO6S/c8-4(2-15)7(13)14-1-3(5(9)10)6(11)12/h3-4,15H,1-2,8H2,(H,9,10)(H,11,12)/t4-/m0/s1. The van der Waals surface area contributed by atoms with Gasteiger partial charge in [0, 0.05) is 5.75 Å². The number of thiol groups is 1. The van der Waals surface area contributed by atoms with Crippen molar-refractivity contribution in [1.82, 2.24) is 0 Å². The molecule has 86 valence electrons. The van der Waals surface area contributed by atoms with Crippen molar-refractivity contribution >= 4 is 30.5 Å². The summed E-state index contributed by atoms with van der Waals surface area (Å²) in [5, 5.41) is 16.9. The Morgan fingerprint density at radius 3 is 2.07 bits per heavy atom. The molecular formula is C7H11NO6S. The number of carbonyl (C=O) groups is 3. The average Bonchev–Trinajstić information content (AvgIpc) is 2.15. The lowest BCUT2D eigenvalue weighted by Crippen LogP contribution is -2.37. The Bertz CT molecular complexity index is 254. The summed E-state index contributed by atoms with van der Waals surface area (Å²) >= 11 is 3.72. The van der Waals surface area contributed by atoms with Crippen LogP contribution in [0.25, 0.3) is 0 Å². The highest BCUT2D eigenvalue weighted by molar-refractivity contribution is 7.80. The summed E-state index contributed by atoms with van der Waals surface area (Å²) in [6.07, 6.45) is 0. The third-order valence-electron chi connectivity index (χ3n) is 1.49. The predicted molar refractivity (Wildman–Crippen MR) is 51.5 cm³/mol. The number of nitrogens with two attached hydrogens (primary N) is 1. The number of esters is 1. The summed E-state index contributed by atoms with van der Waals surface area (Å²) in [5.41, 5.74) is 5.21. The maximum atomic E-state index is 10.9. The zero-order chi connectivity index (χ0) is 12.0. The van der Waals surface area contributed by atoms with Crippen molar-refractivity contribution in [3.05, 3.63) is 0 Å². The van der Waals surface area contributed by atoms with Gasteiger partial charge >= 0.3 is 17.9 Å². The molecule has 0 spiro atoms. The van der Waals surface area contributed by atoms with E-state index in [-0.39, 0.29) is 5.75 Å². The van der Waals surface area contributed by atoms with E-state index in [4.69, 9.17) is 15.9 Å². The maximum Gasteiger partial charge on any atom is 0.323 e. The summed E-state index contributed by atoms with van der Waals surface area (Å²) < 4.78 is 4.40. The van der Waals surface area contributed by atoms with Gasteiger partial charge in [0.2, 0.25) is 0 Å². The number of rotatable bonds is 6. The molecule has 15 heavy (non-hydrogen) atoms. The minimum absolute atomic E-state index is 0.0314. The smallest absolute Gasteiger partial charge is 0.323 e. The normalized spacial score (nSPS) is 12.2. The van der Waals surface area contributed by atoms with Gasteiger partial charge in [-0.1, -0.05) is 0 Å². The van der Waals surface area contributed by atoms with Crippen LogP contribution in [0, 0.1) is 5.92 Å². The minimum atomic E-state index is -1.78. The fourth-order valence-corrected chi connectivity index (χ4v) is 0.744. The molecule has 7 nitrogen and oxygen atoms in total. The number of carboxylic acid groups (broad SMARTS) is 2. The van der Waals surface area contributed by atoms with E-state index in [2.05, 4.69) is 17.4 Å². The van der Waals surface area contributed by atoms with Crippen molar-refractivity contribution < 1.29 is 29.3 Å². The molecule has 0 aliphatic rings. The summed E-state index contributed by atoms with van der Waals surface area (Å²) in [6, 6.07) is -0.989. The fraction of sp³-hybridized carbons (Fsp3) is 0.571. The van der Waals surface area contributed by atoms with E-state index in [1.807, 2.05) is 0 Å². The highest BCUT2D eigenvalue weighted by Crippen LogP contribution is 2.00. The SMILES string of the molecule is N[C@@H](CS)C(=O)OCC(C(=O)O)C(=O)O. The highest BCUT2D eigenvalue weighted by Gasteiger charge is 2.28. The Kier molecular flexibility index (Phi) is 5.72. The Balaban J connectivity index is 4.17. The number of hydrogen-bond donors (Lipinski definition) is 4. The second-order valence-electron chi connectivity index (χ2n) is 2.65. The first-order valence-corrected chi connectivity index (χ1v) is 4.52. The van der Waals surface area contributed by atoms with E-state index in [1.165, 1.54) is 0 Å². The molecule has 1 atom stereocenters. The summed E-state index contributed by atoms with van der Waals surface area (Å²) in [5.74, 6) is -5.77. The zero-order valence-electron chi connectivity index (χ0n) is 7.62. The van der Waals surface area contributed by atoms with Crippen LogP contribution in [0.2, 0.25) is 0 Å². The van der Waals surface area contributed by atoms with Gasteiger partial charge in [0.25, 0.3) is 0 Å². The van der Waals surface area contributed by atoms with Gasteiger partial charge < -0.3 is 20.7 Å². The van der Waals surface area contributed by atoms with Crippen LogP contribution in [0.3, 0.4) is 0 Å². The Hall–Kier alpha value is -1.28. The van der Waals surface area contributed by atoms with Crippen LogP contribution in [0.15, 0.2) is 0 Å². The lowest BCUT2D eigenvalue weighted by atomic mass is 10.2. The lowest BCUT2D eigenvalue weighted by molar-refractivity contribution is -0.160. The zero-order valence-corrected chi connectivity index (χ0v) is 8.52. The molecule has 0 aliphatic heterocycles. The summed E-state index contributed by atoms with van der Waals surface area (Å²) in [6.45, 7) is -0.745. The second-order valence-corrected chi connectivity index (χ2v) is 3.01. The van der Waals surface area contributed by atoms with Crippen LogP contribution < -0.4 is 5.73 Å². The van der Waals surface area contributed by atoms with Crippen molar-refractivity contribution in [3.63, 3.8) is 0 Å². The first kappa shape index (κ1) is 13.7. The lowest BCUT2D eigenvalue weighted by Gasteiger charge is -2.11. The molecule has 0 amide bonds. The van der Waals surface area contributed by atoms with Gasteiger partial charge in [-0.3, -0.25) is 14.4 Å². The topological polar surface area (TPSA) is 127 Å². The van der Waals surface area contributed by atoms with Crippen molar-refractivity contribution in [3.8, 4) is 0 Å². The molecule has 0 bridgehead atoms. The molecule has 0 aromatic carbocycles. The van der Waals surface area contributed by atoms with Gasteiger partial charge in [-0.05, 0) is 0 Å². The van der Waals surface area contributed by atoms with E-state index in [9.17, 15) is 14.4 Å². The van der Waals surface area contributed by atoms with E-state index < -0.39 is 36.5 Å².